The van der Waals surface area contributed by atoms with Gasteiger partial charge >= 0.3 is 6.03 Å². The molecule has 9 heteroatoms. The van der Waals surface area contributed by atoms with Gasteiger partial charge in [0, 0.05) is 30.2 Å². The molecule has 28 heavy (non-hydrogen) atoms. The number of rotatable bonds is 4. The van der Waals surface area contributed by atoms with Gasteiger partial charge < -0.3 is 5.32 Å². The molecule has 0 spiro atoms. The van der Waals surface area contributed by atoms with Crippen LogP contribution in [-0.4, -0.2) is 31.6 Å². The minimum Gasteiger partial charge on any atom is -0.319 e. The van der Waals surface area contributed by atoms with Crippen molar-refractivity contribution in [3.63, 3.8) is 0 Å². The molecule has 3 heterocycles. The topological polar surface area (TPSA) is 80.1 Å². The number of carbonyl (C=O) groups excluding carboxylic acids is 2. The van der Waals surface area contributed by atoms with Gasteiger partial charge in [-0.05, 0) is 31.2 Å². The maximum absolute atomic E-state index is 13.9. The normalized spacial score (nSPS) is 19.2. The Hall–Kier alpha value is -3.62. The Labute approximate surface area is 158 Å². The summed E-state index contributed by atoms with van der Waals surface area (Å²) in [5.74, 6) is -1.90. The average Bonchev–Trinajstić information content (AvgIpc) is 3.22. The van der Waals surface area contributed by atoms with Gasteiger partial charge in [-0.25, -0.2) is 18.3 Å². The summed E-state index contributed by atoms with van der Waals surface area (Å²) in [5, 5.41) is 6.87. The zero-order valence-electron chi connectivity index (χ0n) is 14.8. The second-order valence-electron chi connectivity index (χ2n) is 6.54. The van der Waals surface area contributed by atoms with Crippen molar-refractivity contribution in [2.24, 2.45) is 0 Å². The quantitative estimate of drug-likeness (QED) is 0.702. The first-order valence-corrected chi connectivity index (χ1v) is 8.43. The van der Waals surface area contributed by atoms with Crippen molar-refractivity contribution >= 4 is 11.9 Å². The Morgan fingerprint density at radius 2 is 2.00 bits per heavy atom. The van der Waals surface area contributed by atoms with E-state index in [0.29, 0.717) is 11.3 Å². The molecular weight excluding hydrogens is 368 g/mol. The van der Waals surface area contributed by atoms with Crippen molar-refractivity contribution in [1.29, 1.82) is 0 Å². The van der Waals surface area contributed by atoms with Crippen molar-refractivity contribution in [3.8, 4) is 5.69 Å². The molecule has 142 valence electrons. The number of amides is 3. The number of halogens is 2. The summed E-state index contributed by atoms with van der Waals surface area (Å²) in [6.07, 6.45) is 4.57. The van der Waals surface area contributed by atoms with Crippen LogP contribution >= 0.6 is 0 Å². The van der Waals surface area contributed by atoms with E-state index in [1.807, 2.05) is 0 Å². The maximum atomic E-state index is 13.9. The highest BCUT2D eigenvalue weighted by atomic mass is 19.1. The third-order valence-corrected chi connectivity index (χ3v) is 4.63. The van der Waals surface area contributed by atoms with E-state index in [2.05, 4.69) is 15.4 Å². The van der Waals surface area contributed by atoms with Crippen molar-refractivity contribution < 1.29 is 18.4 Å². The van der Waals surface area contributed by atoms with Gasteiger partial charge in [-0.15, -0.1) is 0 Å². The first-order chi connectivity index (χ1) is 13.4. The number of hydrogen-bond acceptors (Lipinski definition) is 4. The molecule has 1 atom stereocenters. The van der Waals surface area contributed by atoms with Crippen molar-refractivity contribution in [2.45, 2.75) is 19.0 Å². The van der Waals surface area contributed by atoms with Crippen LogP contribution in [0.3, 0.4) is 0 Å². The molecule has 1 saturated heterocycles. The largest absolute Gasteiger partial charge is 0.325 e. The molecule has 1 aliphatic heterocycles. The zero-order chi connectivity index (χ0) is 19.9. The third kappa shape index (κ3) is 2.90. The molecule has 7 nitrogen and oxygen atoms in total. The highest BCUT2D eigenvalue weighted by molar-refractivity contribution is 6.07. The smallest absolute Gasteiger partial charge is 0.319 e. The summed E-state index contributed by atoms with van der Waals surface area (Å²) >= 11 is 0. The van der Waals surface area contributed by atoms with Crippen LogP contribution in [0.2, 0.25) is 0 Å². The molecule has 0 bridgehead atoms. The van der Waals surface area contributed by atoms with E-state index < -0.39 is 29.1 Å². The summed E-state index contributed by atoms with van der Waals surface area (Å²) in [6.45, 7) is 1.52. The van der Waals surface area contributed by atoms with E-state index in [1.54, 1.807) is 31.3 Å². The summed E-state index contributed by atoms with van der Waals surface area (Å²) < 4.78 is 28.2. The second-order valence-corrected chi connectivity index (χ2v) is 6.54. The molecule has 0 radical (unpaired) electrons. The van der Waals surface area contributed by atoms with Gasteiger partial charge in [0.05, 0.1) is 12.2 Å². The molecule has 1 N–H and O–H groups in total. The van der Waals surface area contributed by atoms with Crippen molar-refractivity contribution in [1.82, 2.24) is 25.0 Å². The Kier molecular flexibility index (Phi) is 4.14. The standard InChI is InChI=1S/C19H15F2N5O2/c1-19(12-3-2-7-22-10-12)17(27)25(18(28)23-19)11-14-6-8-26(24-14)16-5-4-13(20)9-15(16)21/h2-10H,11H2,1H3,(H,23,28). The lowest BCUT2D eigenvalue weighted by atomic mass is 9.93. The zero-order valence-corrected chi connectivity index (χ0v) is 14.8. The number of carbonyl (C=O) groups is 2. The van der Waals surface area contributed by atoms with Crippen LogP contribution in [0.1, 0.15) is 18.2 Å². The van der Waals surface area contributed by atoms with E-state index in [-0.39, 0.29) is 12.2 Å². The number of aromatic nitrogens is 3. The Bertz CT molecular complexity index is 1070. The highest BCUT2D eigenvalue weighted by Crippen LogP contribution is 2.29. The minimum atomic E-state index is -1.23. The van der Waals surface area contributed by atoms with Gasteiger partial charge in [0.15, 0.2) is 5.82 Å². The number of nitrogens with one attached hydrogen (secondary N) is 1. The summed E-state index contributed by atoms with van der Waals surface area (Å²) in [5.41, 5.74) is -0.223. The molecule has 3 aromatic rings. The van der Waals surface area contributed by atoms with Gasteiger partial charge in [-0.1, -0.05) is 6.07 Å². The van der Waals surface area contributed by atoms with Crippen LogP contribution < -0.4 is 5.32 Å². The molecular formula is C19H15F2N5O2. The predicted molar refractivity (Wildman–Crippen MR) is 94.2 cm³/mol. The van der Waals surface area contributed by atoms with Crippen molar-refractivity contribution in [2.75, 3.05) is 0 Å². The van der Waals surface area contributed by atoms with Gasteiger partial charge in [0.2, 0.25) is 0 Å². The van der Waals surface area contributed by atoms with Gasteiger partial charge in [-0.3, -0.25) is 14.7 Å². The SMILES string of the molecule is CC1(c2cccnc2)NC(=O)N(Cc2ccn(-c3ccc(F)cc3F)n2)C1=O. The van der Waals surface area contributed by atoms with Crippen LogP contribution in [0.4, 0.5) is 13.6 Å². The minimum absolute atomic E-state index is 0.0602. The lowest BCUT2D eigenvalue weighted by molar-refractivity contribution is -0.131. The fourth-order valence-electron chi connectivity index (χ4n) is 3.10. The van der Waals surface area contributed by atoms with Gasteiger partial charge in [-0.2, -0.15) is 5.10 Å². The summed E-state index contributed by atoms with van der Waals surface area (Å²) in [7, 11) is 0. The number of urea groups is 1. The highest BCUT2D eigenvalue weighted by Gasteiger charge is 2.49. The first-order valence-electron chi connectivity index (χ1n) is 8.43. The molecule has 3 amide bonds. The predicted octanol–water partition coefficient (Wildman–Crippen LogP) is 2.51. The fraction of sp³-hybridized carbons (Fsp3) is 0.158. The Morgan fingerprint density at radius 3 is 2.71 bits per heavy atom. The Morgan fingerprint density at radius 1 is 1.18 bits per heavy atom. The number of hydrogen-bond donors (Lipinski definition) is 1. The summed E-state index contributed by atoms with van der Waals surface area (Å²) in [4.78, 5) is 30.3. The van der Waals surface area contributed by atoms with E-state index >= 15 is 0 Å². The van der Waals surface area contributed by atoms with Crippen LogP contribution in [0, 0.1) is 11.6 Å². The van der Waals surface area contributed by atoms with E-state index in [9.17, 15) is 18.4 Å². The molecule has 2 aromatic heterocycles. The molecule has 0 saturated carbocycles. The van der Waals surface area contributed by atoms with Crippen LogP contribution in [0.15, 0.2) is 55.0 Å². The Balaban J connectivity index is 1.58. The molecule has 1 unspecified atom stereocenters. The first kappa shape index (κ1) is 17.8. The number of imide groups is 1. The number of benzene rings is 1. The summed E-state index contributed by atoms with van der Waals surface area (Å²) in [6, 6.07) is 7.53. The van der Waals surface area contributed by atoms with E-state index in [1.165, 1.54) is 23.1 Å². The molecule has 1 aliphatic rings. The fourth-order valence-corrected chi connectivity index (χ4v) is 3.10. The van der Waals surface area contributed by atoms with Crippen LogP contribution in [-0.2, 0) is 16.9 Å². The number of nitrogens with zero attached hydrogens (tertiary/aromatic N) is 4. The number of pyridine rings is 1. The van der Waals surface area contributed by atoms with Gasteiger partial charge in [0.1, 0.15) is 17.0 Å². The van der Waals surface area contributed by atoms with Gasteiger partial charge in [0.25, 0.3) is 5.91 Å². The second kappa shape index (κ2) is 6.52. The van der Waals surface area contributed by atoms with E-state index in [4.69, 9.17) is 0 Å². The third-order valence-electron chi connectivity index (χ3n) is 4.63. The van der Waals surface area contributed by atoms with E-state index in [0.717, 1.165) is 17.0 Å². The molecule has 0 aliphatic carbocycles. The monoisotopic (exact) mass is 383 g/mol. The molecule has 4 rings (SSSR count). The molecule has 1 fully saturated rings. The average molecular weight is 383 g/mol. The van der Waals surface area contributed by atoms with Crippen LogP contribution in [0.5, 0.6) is 0 Å². The maximum Gasteiger partial charge on any atom is 0.325 e. The lowest BCUT2D eigenvalue weighted by Gasteiger charge is -2.21. The van der Waals surface area contributed by atoms with Crippen molar-refractivity contribution in [3.05, 3.63) is 77.9 Å². The lowest BCUT2D eigenvalue weighted by Crippen LogP contribution is -2.40. The molecule has 1 aromatic carbocycles. The van der Waals surface area contributed by atoms with Crippen LogP contribution in [0.25, 0.3) is 5.69 Å².